The molecule has 0 saturated carbocycles. The Hall–Kier alpha value is -1.83. The van der Waals surface area contributed by atoms with Gasteiger partial charge < -0.3 is 4.74 Å². The summed E-state index contributed by atoms with van der Waals surface area (Å²) in [5.74, 6) is 0.732. The molecule has 0 aliphatic carbocycles. The summed E-state index contributed by atoms with van der Waals surface area (Å²) in [7, 11) is 0. The predicted octanol–water partition coefficient (Wildman–Crippen LogP) is 3.50. The van der Waals surface area contributed by atoms with E-state index in [-0.39, 0.29) is 11.9 Å². The molecule has 1 atom stereocenters. The lowest BCUT2D eigenvalue weighted by molar-refractivity contribution is 0.238. The molecular weight excluding hydrogens is 203 g/mol. The van der Waals surface area contributed by atoms with Crippen molar-refractivity contribution in [2.24, 2.45) is 0 Å². The molecule has 0 aromatic heterocycles. The van der Waals surface area contributed by atoms with Crippen LogP contribution in [0.15, 0.2) is 48.5 Å². The zero-order chi connectivity index (χ0) is 11.0. The second-order valence-corrected chi connectivity index (χ2v) is 3.97. The first-order valence-corrected chi connectivity index (χ1v) is 5.33. The molecule has 1 nitrogen and oxygen atoms in total. The Balaban J connectivity index is 1.88. The Morgan fingerprint density at radius 2 is 1.75 bits per heavy atom. The molecule has 1 heterocycles. The van der Waals surface area contributed by atoms with Crippen LogP contribution in [0.1, 0.15) is 17.2 Å². The lowest BCUT2D eigenvalue weighted by atomic mass is 10.0. The lowest BCUT2D eigenvalue weighted by Gasteiger charge is -2.10. The first kappa shape index (κ1) is 9.40. The Morgan fingerprint density at radius 1 is 1.00 bits per heavy atom. The third-order valence-corrected chi connectivity index (χ3v) is 2.89. The molecule has 0 spiro atoms. The molecule has 16 heavy (non-hydrogen) atoms. The van der Waals surface area contributed by atoms with Crippen molar-refractivity contribution < 1.29 is 9.13 Å². The van der Waals surface area contributed by atoms with Crippen LogP contribution in [-0.2, 0) is 6.42 Å². The first-order valence-electron chi connectivity index (χ1n) is 5.33. The van der Waals surface area contributed by atoms with Gasteiger partial charge in [-0.3, -0.25) is 0 Å². The fraction of sp³-hybridized carbons (Fsp3) is 0.143. The summed E-state index contributed by atoms with van der Waals surface area (Å²) in [6, 6.07) is 14.5. The molecule has 2 aromatic rings. The zero-order valence-electron chi connectivity index (χ0n) is 8.69. The first-order chi connectivity index (χ1) is 7.83. The van der Waals surface area contributed by atoms with Crippen molar-refractivity contribution in [3.05, 3.63) is 65.5 Å². The highest BCUT2D eigenvalue weighted by Crippen LogP contribution is 2.36. The number of rotatable bonds is 1. The van der Waals surface area contributed by atoms with Crippen LogP contribution >= 0.6 is 0 Å². The molecule has 0 unspecified atom stereocenters. The SMILES string of the molecule is Fc1ccc([C@@H]2Cc3ccccc3O2)cc1. The van der Waals surface area contributed by atoms with Gasteiger partial charge in [0.1, 0.15) is 17.7 Å². The Labute approximate surface area is 93.5 Å². The third-order valence-electron chi connectivity index (χ3n) is 2.89. The van der Waals surface area contributed by atoms with Gasteiger partial charge in [-0.05, 0) is 29.3 Å². The lowest BCUT2D eigenvalue weighted by Crippen LogP contribution is -2.02. The van der Waals surface area contributed by atoms with Crippen molar-refractivity contribution in [3.8, 4) is 5.75 Å². The summed E-state index contributed by atoms with van der Waals surface area (Å²) < 4.78 is 18.6. The van der Waals surface area contributed by atoms with Crippen LogP contribution in [0, 0.1) is 5.82 Å². The van der Waals surface area contributed by atoms with Crippen molar-refractivity contribution in [2.75, 3.05) is 0 Å². The summed E-state index contributed by atoms with van der Waals surface area (Å²) in [6.07, 6.45) is 0.889. The van der Waals surface area contributed by atoms with Gasteiger partial charge in [-0.25, -0.2) is 4.39 Å². The molecule has 0 amide bonds. The molecule has 0 fully saturated rings. The fourth-order valence-corrected chi connectivity index (χ4v) is 2.05. The number of hydrogen-bond acceptors (Lipinski definition) is 1. The molecule has 1 aliphatic heterocycles. The maximum atomic E-state index is 12.8. The predicted molar refractivity (Wildman–Crippen MR) is 59.9 cm³/mol. The van der Waals surface area contributed by atoms with E-state index >= 15 is 0 Å². The monoisotopic (exact) mass is 214 g/mol. The van der Waals surface area contributed by atoms with E-state index in [0.29, 0.717) is 0 Å². The van der Waals surface area contributed by atoms with Crippen molar-refractivity contribution in [2.45, 2.75) is 12.5 Å². The van der Waals surface area contributed by atoms with Crippen LogP contribution in [0.2, 0.25) is 0 Å². The number of hydrogen-bond donors (Lipinski definition) is 0. The molecule has 0 N–H and O–H groups in total. The van der Waals surface area contributed by atoms with Crippen molar-refractivity contribution in [1.29, 1.82) is 0 Å². The van der Waals surface area contributed by atoms with E-state index in [2.05, 4.69) is 6.07 Å². The van der Waals surface area contributed by atoms with Crippen molar-refractivity contribution >= 4 is 0 Å². The standard InChI is InChI=1S/C14H11FO/c15-12-7-5-10(6-8-12)14-9-11-3-1-2-4-13(11)16-14/h1-8,14H,9H2/t14-/m0/s1. The fourth-order valence-electron chi connectivity index (χ4n) is 2.05. The Bertz CT molecular complexity index is 479. The van der Waals surface area contributed by atoms with Gasteiger partial charge in [-0.1, -0.05) is 30.3 Å². The van der Waals surface area contributed by atoms with E-state index in [1.165, 1.54) is 17.7 Å². The summed E-state index contributed by atoms with van der Waals surface area (Å²) >= 11 is 0. The van der Waals surface area contributed by atoms with Gasteiger partial charge in [0.2, 0.25) is 0 Å². The normalized spacial score (nSPS) is 17.9. The average Bonchev–Trinajstić information content (AvgIpc) is 2.73. The van der Waals surface area contributed by atoms with Crippen LogP contribution in [0.4, 0.5) is 4.39 Å². The maximum absolute atomic E-state index is 12.8. The minimum Gasteiger partial charge on any atom is -0.485 e. The molecule has 0 radical (unpaired) electrons. The van der Waals surface area contributed by atoms with Gasteiger partial charge in [0.05, 0.1) is 0 Å². The highest BCUT2D eigenvalue weighted by Gasteiger charge is 2.23. The average molecular weight is 214 g/mol. The Kier molecular flexibility index (Phi) is 2.13. The summed E-state index contributed by atoms with van der Waals surface area (Å²) in [6.45, 7) is 0. The summed E-state index contributed by atoms with van der Waals surface area (Å²) in [4.78, 5) is 0. The third kappa shape index (κ3) is 1.56. The number of fused-ring (bicyclic) bond motifs is 1. The van der Waals surface area contributed by atoms with Gasteiger partial charge in [0.25, 0.3) is 0 Å². The maximum Gasteiger partial charge on any atom is 0.128 e. The molecule has 3 rings (SSSR count). The van der Waals surface area contributed by atoms with Gasteiger partial charge in [0.15, 0.2) is 0 Å². The summed E-state index contributed by atoms with van der Waals surface area (Å²) in [5.41, 5.74) is 2.24. The van der Waals surface area contributed by atoms with Crippen LogP contribution in [0.25, 0.3) is 0 Å². The van der Waals surface area contributed by atoms with E-state index in [1.54, 1.807) is 12.1 Å². The van der Waals surface area contributed by atoms with Crippen molar-refractivity contribution in [3.63, 3.8) is 0 Å². The highest BCUT2D eigenvalue weighted by atomic mass is 19.1. The molecule has 0 saturated heterocycles. The van der Waals surface area contributed by atoms with E-state index in [0.717, 1.165) is 17.7 Å². The van der Waals surface area contributed by atoms with Crippen LogP contribution in [0.5, 0.6) is 5.75 Å². The Morgan fingerprint density at radius 3 is 2.50 bits per heavy atom. The van der Waals surface area contributed by atoms with Gasteiger partial charge in [0, 0.05) is 6.42 Å². The van der Waals surface area contributed by atoms with Crippen LogP contribution in [-0.4, -0.2) is 0 Å². The minimum absolute atomic E-state index is 0.0259. The van der Waals surface area contributed by atoms with E-state index < -0.39 is 0 Å². The number of halogens is 1. The van der Waals surface area contributed by atoms with Gasteiger partial charge in [-0.2, -0.15) is 0 Å². The second-order valence-electron chi connectivity index (χ2n) is 3.97. The quantitative estimate of drug-likeness (QED) is 0.706. The zero-order valence-corrected chi connectivity index (χ0v) is 8.69. The second kappa shape index (κ2) is 3.63. The number of ether oxygens (including phenoxy) is 1. The topological polar surface area (TPSA) is 9.23 Å². The van der Waals surface area contributed by atoms with E-state index in [4.69, 9.17) is 4.74 Å². The molecular formula is C14H11FO. The van der Waals surface area contributed by atoms with E-state index in [9.17, 15) is 4.39 Å². The molecule has 2 heteroatoms. The molecule has 80 valence electrons. The van der Waals surface area contributed by atoms with E-state index in [1.807, 2.05) is 18.2 Å². The largest absolute Gasteiger partial charge is 0.485 e. The number of benzene rings is 2. The van der Waals surface area contributed by atoms with Crippen molar-refractivity contribution in [1.82, 2.24) is 0 Å². The molecule has 1 aliphatic rings. The number of para-hydroxylation sites is 1. The van der Waals surface area contributed by atoms with Gasteiger partial charge >= 0.3 is 0 Å². The van der Waals surface area contributed by atoms with Crippen LogP contribution in [0.3, 0.4) is 0 Å². The smallest absolute Gasteiger partial charge is 0.128 e. The van der Waals surface area contributed by atoms with Gasteiger partial charge in [-0.15, -0.1) is 0 Å². The molecule has 0 bridgehead atoms. The minimum atomic E-state index is -0.209. The molecule has 2 aromatic carbocycles. The summed E-state index contributed by atoms with van der Waals surface area (Å²) in [5, 5.41) is 0. The van der Waals surface area contributed by atoms with Crippen LogP contribution < -0.4 is 4.74 Å². The highest BCUT2D eigenvalue weighted by molar-refractivity contribution is 5.39.